The van der Waals surface area contributed by atoms with E-state index in [0.29, 0.717) is 6.42 Å². The number of anilines is 1. The monoisotopic (exact) mass is 267 g/mol. The Kier molecular flexibility index (Phi) is 2.83. The van der Waals surface area contributed by atoms with Crippen molar-refractivity contribution in [3.05, 3.63) is 28.2 Å². The van der Waals surface area contributed by atoms with Gasteiger partial charge in [0.15, 0.2) is 0 Å². The van der Waals surface area contributed by atoms with Crippen LogP contribution in [0.3, 0.4) is 0 Å². The Balaban J connectivity index is 2.48. The zero-order valence-electron chi connectivity index (χ0n) is 8.96. The van der Waals surface area contributed by atoms with E-state index in [9.17, 15) is 4.79 Å². The van der Waals surface area contributed by atoms with Crippen molar-refractivity contribution in [1.82, 2.24) is 0 Å². The van der Waals surface area contributed by atoms with Crippen molar-refractivity contribution in [2.45, 2.75) is 32.7 Å². The van der Waals surface area contributed by atoms with E-state index in [-0.39, 0.29) is 11.9 Å². The molecular weight excluding hydrogens is 254 g/mol. The molecule has 1 aliphatic rings. The number of nitrogens with zero attached hydrogens (tertiary/aromatic N) is 1. The number of fused-ring (bicyclic) bond motifs is 1. The third kappa shape index (κ3) is 1.93. The van der Waals surface area contributed by atoms with Crippen molar-refractivity contribution in [3.8, 4) is 0 Å². The number of carbonyl (C=O) groups is 1. The molecule has 1 aromatic rings. The molecule has 0 atom stereocenters. The van der Waals surface area contributed by atoms with E-state index in [4.69, 9.17) is 0 Å². The predicted octanol–water partition coefficient (Wildman–Crippen LogP) is 3.14. The number of amides is 1. The van der Waals surface area contributed by atoms with Crippen LogP contribution >= 0.6 is 15.9 Å². The molecule has 1 heterocycles. The minimum absolute atomic E-state index is 0.234. The lowest BCUT2D eigenvalue weighted by Crippen LogP contribution is -2.40. The number of benzene rings is 1. The van der Waals surface area contributed by atoms with Crippen LogP contribution in [0.25, 0.3) is 0 Å². The van der Waals surface area contributed by atoms with E-state index >= 15 is 0 Å². The Hall–Kier alpha value is -0.830. The van der Waals surface area contributed by atoms with Crippen LogP contribution in [-0.4, -0.2) is 11.9 Å². The molecule has 0 saturated heterocycles. The van der Waals surface area contributed by atoms with Crippen molar-refractivity contribution < 1.29 is 4.79 Å². The maximum Gasteiger partial charge on any atom is 0.227 e. The molecule has 1 amide bonds. The van der Waals surface area contributed by atoms with Gasteiger partial charge in [0, 0.05) is 22.6 Å². The first kappa shape index (κ1) is 10.7. The molecular formula is C12H14BrNO. The minimum atomic E-state index is 0.234. The minimum Gasteiger partial charge on any atom is -0.310 e. The summed E-state index contributed by atoms with van der Waals surface area (Å²) in [4.78, 5) is 13.7. The van der Waals surface area contributed by atoms with Crippen molar-refractivity contribution in [3.63, 3.8) is 0 Å². The Bertz CT molecular complexity index is 401. The SMILES string of the molecule is CC(C)N1C(=O)CCc2cc(Br)ccc21. The van der Waals surface area contributed by atoms with Gasteiger partial charge in [0.05, 0.1) is 0 Å². The molecule has 2 rings (SSSR count). The number of hydrogen-bond donors (Lipinski definition) is 0. The first-order chi connectivity index (χ1) is 7.09. The van der Waals surface area contributed by atoms with Gasteiger partial charge in [-0.25, -0.2) is 0 Å². The van der Waals surface area contributed by atoms with Gasteiger partial charge in [0.25, 0.3) is 0 Å². The molecule has 1 aromatic carbocycles. The topological polar surface area (TPSA) is 20.3 Å². The fraction of sp³-hybridized carbons (Fsp3) is 0.417. The third-order valence-electron chi connectivity index (χ3n) is 2.69. The van der Waals surface area contributed by atoms with E-state index in [1.165, 1.54) is 5.56 Å². The number of halogens is 1. The normalized spacial score (nSPS) is 15.7. The summed E-state index contributed by atoms with van der Waals surface area (Å²) in [7, 11) is 0. The van der Waals surface area contributed by atoms with Gasteiger partial charge in [-0.05, 0) is 44.0 Å². The van der Waals surface area contributed by atoms with Gasteiger partial charge in [-0.15, -0.1) is 0 Å². The summed E-state index contributed by atoms with van der Waals surface area (Å²) in [5.74, 6) is 0.236. The predicted molar refractivity (Wildman–Crippen MR) is 65.1 cm³/mol. The van der Waals surface area contributed by atoms with Crippen LogP contribution < -0.4 is 4.90 Å². The number of rotatable bonds is 1. The van der Waals surface area contributed by atoms with Crippen molar-refractivity contribution in [2.75, 3.05) is 4.90 Å². The molecule has 0 saturated carbocycles. The highest BCUT2D eigenvalue weighted by molar-refractivity contribution is 9.10. The average Bonchev–Trinajstić information content (AvgIpc) is 2.17. The molecule has 0 aliphatic carbocycles. The summed E-state index contributed by atoms with van der Waals surface area (Å²) in [5.41, 5.74) is 2.34. The summed E-state index contributed by atoms with van der Waals surface area (Å²) in [6, 6.07) is 6.36. The smallest absolute Gasteiger partial charge is 0.227 e. The number of aryl methyl sites for hydroxylation is 1. The number of hydrogen-bond acceptors (Lipinski definition) is 1. The third-order valence-corrected chi connectivity index (χ3v) is 3.19. The molecule has 3 heteroatoms. The van der Waals surface area contributed by atoms with Gasteiger partial charge >= 0.3 is 0 Å². The van der Waals surface area contributed by atoms with Gasteiger partial charge in [0.1, 0.15) is 0 Å². The first-order valence-electron chi connectivity index (χ1n) is 5.20. The van der Waals surface area contributed by atoms with Crippen LogP contribution in [0.5, 0.6) is 0 Å². The van der Waals surface area contributed by atoms with Gasteiger partial charge in [0.2, 0.25) is 5.91 Å². The maximum absolute atomic E-state index is 11.8. The molecule has 80 valence electrons. The zero-order valence-corrected chi connectivity index (χ0v) is 10.5. The van der Waals surface area contributed by atoms with Crippen molar-refractivity contribution in [1.29, 1.82) is 0 Å². The molecule has 15 heavy (non-hydrogen) atoms. The van der Waals surface area contributed by atoms with Crippen LogP contribution in [0.15, 0.2) is 22.7 Å². The summed E-state index contributed by atoms with van der Waals surface area (Å²) in [6.45, 7) is 4.10. The van der Waals surface area contributed by atoms with Crippen molar-refractivity contribution >= 4 is 27.5 Å². The van der Waals surface area contributed by atoms with Crippen LogP contribution in [-0.2, 0) is 11.2 Å². The Morgan fingerprint density at radius 1 is 1.33 bits per heavy atom. The summed E-state index contributed by atoms with van der Waals surface area (Å²) < 4.78 is 1.08. The molecule has 1 aliphatic heterocycles. The van der Waals surface area contributed by atoms with Gasteiger partial charge in [-0.2, -0.15) is 0 Å². The molecule has 0 unspecified atom stereocenters. The zero-order chi connectivity index (χ0) is 11.0. The summed E-state index contributed by atoms with van der Waals surface area (Å²) in [5, 5.41) is 0. The van der Waals surface area contributed by atoms with Crippen LogP contribution in [0.2, 0.25) is 0 Å². The Morgan fingerprint density at radius 3 is 2.73 bits per heavy atom. The standard InChI is InChI=1S/C12H14BrNO/c1-8(2)14-11-5-4-10(13)7-9(11)3-6-12(14)15/h4-5,7-8H,3,6H2,1-2H3. The van der Waals surface area contributed by atoms with Crippen LogP contribution in [0.4, 0.5) is 5.69 Å². The van der Waals surface area contributed by atoms with E-state index < -0.39 is 0 Å². The maximum atomic E-state index is 11.8. The Morgan fingerprint density at radius 2 is 2.07 bits per heavy atom. The highest BCUT2D eigenvalue weighted by atomic mass is 79.9. The first-order valence-corrected chi connectivity index (χ1v) is 5.99. The second-order valence-electron chi connectivity index (χ2n) is 4.13. The fourth-order valence-corrected chi connectivity index (χ4v) is 2.46. The average molecular weight is 268 g/mol. The van der Waals surface area contributed by atoms with E-state index in [2.05, 4.69) is 35.8 Å². The molecule has 0 fully saturated rings. The number of carbonyl (C=O) groups excluding carboxylic acids is 1. The largest absolute Gasteiger partial charge is 0.310 e. The van der Waals surface area contributed by atoms with Crippen LogP contribution in [0, 0.1) is 0 Å². The molecule has 0 N–H and O–H groups in total. The van der Waals surface area contributed by atoms with E-state index in [1.54, 1.807) is 0 Å². The second-order valence-corrected chi connectivity index (χ2v) is 5.05. The van der Waals surface area contributed by atoms with E-state index in [0.717, 1.165) is 16.6 Å². The Labute approximate surface area is 98.4 Å². The molecule has 0 radical (unpaired) electrons. The van der Waals surface area contributed by atoms with E-state index in [1.807, 2.05) is 17.0 Å². The lowest BCUT2D eigenvalue weighted by molar-refractivity contribution is -0.119. The molecule has 0 bridgehead atoms. The van der Waals surface area contributed by atoms with Gasteiger partial charge < -0.3 is 4.90 Å². The lowest BCUT2D eigenvalue weighted by atomic mass is 10.00. The summed E-state index contributed by atoms with van der Waals surface area (Å²) in [6.07, 6.45) is 1.48. The molecule has 0 aromatic heterocycles. The highest BCUT2D eigenvalue weighted by Crippen LogP contribution is 2.31. The van der Waals surface area contributed by atoms with Crippen LogP contribution in [0.1, 0.15) is 25.8 Å². The summed E-state index contributed by atoms with van der Waals surface area (Å²) >= 11 is 3.46. The quantitative estimate of drug-likeness (QED) is 0.766. The lowest BCUT2D eigenvalue weighted by Gasteiger charge is -2.32. The highest BCUT2D eigenvalue weighted by Gasteiger charge is 2.25. The van der Waals surface area contributed by atoms with Crippen molar-refractivity contribution in [2.24, 2.45) is 0 Å². The fourth-order valence-electron chi connectivity index (χ4n) is 2.05. The van der Waals surface area contributed by atoms with Gasteiger partial charge in [-0.1, -0.05) is 15.9 Å². The molecule has 0 spiro atoms. The molecule has 2 nitrogen and oxygen atoms in total. The second kappa shape index (κ2) is 3.97. The van der Waals surface area contributed by atoms with Gasteiger partial charge in [-0.3, -0.25) is 4.79 Å².